The summed E-state index contributed by atoms with van der Waals surface area (Å²) >= 11 is 1.18. The van der Waals surface area contributed by atoms with E-state index in [1.807, 2.05) is 0 Å². The van der Waals surface area contributed by atoms with Crippen LogP contribution in [-0.2, 0) is 9.84 Å². The maximum absolute atomic E-state index is 12.3. The molecule has 8 nitrogen and oxygen atoms in total. The van der Waals surface area contributed by atoms with Crippen molar-refractivity contribution in [2.75, 3.05) is 11.6 Å². The quantitative estimate of drug-likeness (QED) is 0.509. The average Bonchev–Trinajstić information content (AvgIpc) is 2.54. The number of hydrogen-bond donors (Lipinski definition) is 3. The Labute approximate surface area is 149 Å². The molecule has 0 aliphatic heterocycles. The Morgan fingerprint density at radius 3 is 2.60 bits per heavy atom. The van der Waals surface area contributed by atoms with E-state index in [-0.39, 0.29) is 16.3 Å². The highest BCUT2D eigenvalue weighted by atomic mass is 32.2. The SMILES string of the molecule is CSc1nc(Nc2cccc(S(=O)(=O)C(C)C)c2)c(C(N)=O)c(=O)[nH]1. The van der Waals surface area contributed by atoms with Crippen molar-refractivity contribution in [1.29, 1.82) is 0 Å². The first-order valence-electron chi connectivity index (χ1n) is 7.26. The predicted molar refractivity (Wildman–Crippen MR) is 97.2 cm³/mol. The summed E-state index contributed by atoms with van der Waals surface area (Å²) in [6.07, 6.45) is 1.71. The van der Waals surface area contributed by atoms with Crippen LogP contribution in [-0.4, -0.2) is 35.8 Å². The van der Waals surface area contributed by atoms with Crippen LogP contribution >= 0.6 is 11.8 Å². The van der Waals surface area contributed by atoms with Gasteiger partial charge in [0.2, 0.25) is 0 Å². The van der Waals surface area contributed by atoms with Crippen molar-refractivity contribution in [3.63, 3.8) is 0 Å². The summed E-state index contributed by atoms with van der Waals surface area (Å²) in [7, 11) is -3.46. The number of hydrogen-bond acceptors (Lipinski definition) is 7. The Hall–Kier alpha value is -2.33. The summed E-state index contributed by atoms with van der Waals surface area (Å²) < 4.78 is 24.6. The van der Waals surface area contributed by atoms with Gasteiger partial charge in [-0.3, -0.25) is 9.59 Å². The largest absolute Gasteiger partial charge is 0.365 e. The number of aromatic nitrogens is 2. The van der Waals surface area contributed by atoms with Crippen LogP contribution in [0.15, 0.2) is 39.1 Å². The molecule has 0 aliphatic carbocycles. The number of carbonyl (C=O) groups excluding carboxylic acids is 1. The Balaban J connectivity index is 2.52. The van der Waals surface area contributed by atoms with Crippen molar-refractivity contribution >= 4 is 39.0 Å². The molecule has 134 valence electrons. The summed E-state index contributed by atoms with van der Waals surface area (Å²) in [5.74, 6) is -0.963. The summed E-state index contributed by atoms with van der Waals surface area (Å²) in [4.78, 5) is 30.3. The summed E-state index contributed by atoms with van der Waals surface area (Å²) in [6, 6.07) is 6.06. The number of anilines is 2. The van der Waals surface area contributed by atoms with Gasteiger partial charge < -0.3 is 16.0 Å². The fraction of sp³-hybridized carbons (Fsp3) is 0.267. The second-order valence-corrected chi connectivity index (χ2v) is 8.71. The van der Waals surface area contributed by atoms with Crippen LogP contribution in [0.3, 0.4) is 0 Å². The smallest absolute Gasteiger partial charge is 0.266 e. The fourth-order valence-electron chi connectivity index (χ4n) is 2.03. The molecule has 0 saturated carbocycles. The number of nitrogens with zero attached hydrogens (tertiary/aromatic N) is 1. The molecule has 2 rings (SSSR count). The molecule has 0 spiro atoms. The number of carbonyl (C=O) groups is 1. The fourth-order valence-corrected chi connectivity index (χ4v) is 3.51. The van der Waals surface area contributed by atoms with Gasteiger partial charge in [0.25, 0.3) is 11.5 Å². The Morgan fingerprint density at radius 1 is 1.36 bits per heavy atom. The van der Waals surface area contributed by atoms with E-state index in [1.54, 1.807) is 32.2 Å². The van der Waals surface area contributed by atoms with Crippen molar-refractivity contribution in [1.82, 2.24) is 9.97 Å². The molecule has 0 aliphatic rings. The van der Waals surface area contributed by atoms with Gasteiger partial charge in [-0.2, -0.15) is 0 Å². The number of rotatable bonds is 6. The number of H-pyrrole nitrogens is 1. The van der Waals surface area contributed by atoms with Crippen molar-refractivity contribution in [2.45, 2.75) is 29.1 Å². The molecule has 1 heterocycles. The molecule has 0 bridgehead atoms. The molecule has 1 amide bonds. The number of thioether (sulfide) groups is 1. The molecular formula is C15H18N4O4S2. The lowest BCUT2D eigenvalue weighted by atomic mass is 10.2. The Bertz CT molecular complexity index is 968. The first kappa shape index (κ1) is 19.0. The second kappa shape index (κ2) is 7.28. The van der Waals surface area contributed by atoms with Gasteiger partial charge in [-0.25, -0.2) is 13.4 Å². The number of sulfone groups is 1. The van der Waals surface area contributed by atoms with Crippen LogP contribution in [0, 0.1) is 0 Å². The van der Waals surface area contributed by atoms with Crippen LogP contribution in [0.2, 0.25) is 0 Å². The number of benzene rings is 1. The topological polar surface area (TPSA) is 135 Å². The minimum Gasteiger partial charge on any atom is -0.365 e. The maximum Gasteiger partial charge on any atom is 0.266 e. The number of amides is 1. The standard InChI is InChI=1S/C15H18N4O4S2/c1-8(2)25(22,23)10-6-4-5-9(7-10)17-13-11(12(16)20)14(21)19-15(18-13)24-3/h4-8H,1-3H3,(H2,16,20)(H2,17,18,19,21). The van der Waals surface area contributed by atoms with Gasteiger partial charge in [0.1, 0.15) is 5.56 Å². The van der Waals surface area contributed by atoms with Crippen LogP contribution < -0.4 is 16.6 Å². The van der Waals surface area contributed by atoms with Gasteiger partial charge in [-0.1, -0.05) is 17.8 Å². The van der Waals surface area contributed by atoms with Gasteiger partial charge in [0, 0.05) is 5.69 Å². The third-order valence-corrected chi connectivity index (χ3v) is 6.12. The highest BCUT2D eigenvalue weighted by molar-refractivity contribution is 7.98. The number of aromatic amines is 1. The lowest BCUT2D eigenvalue weighted by Gasteiger charge is -2.12. The molecule has 10 heteroatoms. The Morgan fingerprint density at radius 2 is 2.04 bits per heavy atom. The van der Waals surface area contributed by atoms with Gasteiger partial charge in [-0.05, 0) is 38.3 Å². The van der Waals surface area contributed by atoms with Gasteiger partial charge in [0.05, 0.1) is 10.1 Å². The molecule has 1 aromatic carbocycles. The van der Waals surface area contributed by atoms with Crippen LogP contribution in [0.1, 0.15) is 24.2 Å². The summed E-state index contributed by atoms with van der Waals surface area (Å²) in [5, 5.41) is 2.53. The van der Waals surface area contributed by atoms with Crippen molar-refractivity contribution in [2.24, 2.45) is 5.73 Å². The molecule has 4 N–H and O–H groups in total. The lowest BCUT2D eigenvalue weighted by Crippen LogP contribution is -2.26. The van der Waals surface area contributed by atoms with Gasteiger partial charge in [0.15, 0.2) is 20.8 Å². The van der Waals surface area contributed by atoms with Crippen LogP contribution in [0.5, 0.6) is 0 Å². The molecule has 0 radical (unpaired) electrons. The minimum absolute atomic E-state index is 0.0281. The van der Waals surface area contributed by atoms with Crippen molar-refractivity contribution < 1.29 is 13.2 Å². The summed E-state index contributed by atoms with van der Waals surface area (Å²) in [5.41, 5.74) is 4.64. The molecule has 2 aromatic rings. The van der Waals surface area contributed by atoms with E-state index in [4.69, 9.17) is 5.73 Å². The van der Waals surface area contributed by atoms with Gasteiger partial charge >= 0.3 is 0 Å². The number of primary amides is 1. The minimum atomic E-state index is -3.46. The number of nitrogens with one attached hydrogen (secondary N) is 2. The van der Waals surface area contributed by atoms with E-state index in [2.05, 4.69) is 15.3 Å². The molecule has 0 saturated heterocycles. The van der Waals surface area contributed by atoms with E-state index < -0.39 is 26.6 Å². The van der Waals surface area contributed by atoms with E-state index in [0.717, 1.165) is 0 Å². The molecule has 0 fully saturated rings. The monoisotopic (exact) mass is 382 g/mol. The molecule has 0 atom stereocenters. The van der Waals surface area contributed by atoms with E-state index in [9.17, 15) is 18.0 Å². The van der Waals surface area contributed by atoms with E-state index >= 15 is 0 Å². The predicted octanol–water partition coefficient (Wildman–Crippen LogP) is 1.52. The molecule has 1 aromatic heterocycles. The average molecular weight is 382 g/mol. The zero-order chi connectivity index (χ0) is 18.8. The highest BCUT2D eigenvalue weighted by Gasteiger charge is 2.20. The van der Waals surface area contributed by atoms with E-state index in [0.29, 0.717) is 10.8 Å². The molecular weight excluding hydrogens is 364 g/mol. The maximum atomic E-state index is 12.3. The zero-order valence-corrected chi connectivity index (χ0v) is 15.5. The van der Waals surface area contributed by atoms with Crippen LogP contribution in [0.25, 0.3) is 0 Å². The highest BCUT2D eigenvalue weighted by Crippen LogP contribution is 2.23. The van der Waals surface area contributed by atoms with E-state index in [1.165, 1.54) is 23.9 Å². The third-order valence-electron chi connectivity index (χ3n) is 3.38. The second-order valence-electron chi connectivity index (χ2n) is 5.41. The molecule has 0 unspecified atom stereocenters. The first-order valence-corrected chi connectivity index (χ1v) is 10.0. The molecule has 25 heavy (non-hydrogen) atoms. The number of nitrogens with two attached hydrogens (primary N) is 1. The van der Waals surface area contributed by atoms with Crippen molar-refractivity contribution in [3.05, 3.63) is 40.2 Å². The third kappa shape index (κ3) is 4.02. The van der Waals surface area contributed by atoms with Crippen LogP contribution in [0.4, 0.5) is 11.5 Å². The first-order chi connectivity index (χ1) is 11.7. The Kier molecular flexibility index (Phi) is 5.53. The lowest BCUT2D eigenvalue weighted by molar-refractivity contribution is 0.0999. The summed E-state index contributed by atoms with van der Waals surface area (Å²) in [6.45, 7) is 3.17. The zero-order valence-electron chi connectivity index (χ0n) is 13.9. The van der Waals surface area contributed by atoms with Crippen molar-refractivity contribution in [3.8, 4) is 0 Å². The van der Waals surface area contributed by atoms with Gasteiger partial charge in [-0.15, -0.1) is 0 Å². The normalized spacial score (nSPS) is 11.5.